The van der Waals surface area contributed by atoms with Crippen molar-refractivity contribution in [3.8, 4) is 0 Å². The van der Waals surface area contributed by atoms with Crippen LogP contribution in [0, 0.1) is 11.8 Å². The maximum Gasteiger partial charge on any atom is 0.274 e. The summed E-state index contributed by atoms with van der Waals surface area (Å²) in [7, 11) is 0. The molecule has 1 aromatic heterocycles. The van der Waals surface area contributed by atoms with Crippen LogP contribution in [0.3, 0.4) is 0 Å². The van der Waals surface area contributed by atoms with Crippen LogP contribution < -0.4 is 5.32 Å². The fourth-order valence-electron chi connectivity index (χ4n) is 5.68. The smallest absolute Gasteiger partial charge is 0.274 e. The highest BCUT2D eigenvalue weighted by molar-refractivity contribution is 6.04. The first-order chi connectivity index (χ1) is 14.8. The fraction of sp³-hybridized carbons (Fsp3) is 0.407. The Hall–Kier alpha value is -2.68. The molecule has 1 heterocycles. The van der Waals surface area contributed by atoms with Crippen LogP contribution in [0.1, 0.15) is 73.3 Å². The van der Waals surface area contributed by atoms with Crippen molar-refractivity contribution in [2.24, 2.45) is 11.8 Å². The molecule has 3 aliphatic carbocycles. The normalized spacial score (nSPS) is 24.1. The maximum atomic E-state index is 13.0. The quantitative estimate of drug-likeness (QED) is 0.518. The summed E-state index contributed by atoms with van der Waals surface area (Å²) >= 11 is 0. The van der Waals surface area contributed by atoms with E-state index in [9.17, 15) is 4.79 Å². The van der Waals surface area contributed by atoms with Gasteiger partial charge in [0.1, 0.15) is 5.69 Å². The molecule has 2 bridgehead atoms. The van der Waals surface area contributed by atoms with Crippen LogP contribution in [-0.4, -0.2) is 10.9 Å². The molecule has 0 spiro atoms. The van der Waals surface area contributed by atoms with Gasteiger partial charge in [-0.1, -0.05) is 74.9 Å². The molecule has 154 valence electrons. The Morgan fingerprint density at radius 2 is 1.47 bits per heavy atom. The molecule has 3 aromatic rings. The van der Waals surface area contributed by atoms with Crippen molar-refractivity contribution in [3.63, 3.8) is 0 Å². The monoisotopic (exact) mass is 398 g/mol. The summed E-state index contributed by atoms with van der Waals surface area (Å²) in [5.41, 5.74) is 3.59. The van der Waals surface area contributed by atoms with E-state index in [1.54, 1.807) is 0 Å². The highest BCUT2D eigenvalue weighted by atomic mass is 16.1. The molecular formula is C27H30N2O. The number of para-hydroxylation sites is 2. The molecule has 3 heteroatoms. The second-order valence-corrected chi connectivity index (χ2v) is 9.20. The molecule has 3 saturated carbocycles. The lowest BCUT2D eigenvalue weighted by molar-refractivity contribution is 0.102. The molecule has 0 saturated heterocycles. The van der Waals surface area contributed by atoms with Gasteiger partial charge in [-0.2, -0.15) is 0 Å². The number of carbonyl (C=O) groups excluding carboxylic acids is 1. The lowest BCUT2D eigenvalue weighted by atomic mass is 9.71. The molecule has 1 N–H and O–H groups in total. The Morgan fingerprint density at radius 3 is 2.17 bits per heavy atom. The Morgan fingerprint density at radius 1 is 0.833 bits per heavy atom. The van der Waals surface area contributed by atoms with Crippen molar-refractivity contribution in [1.29, 1.82) is 0 Å². The SMILES string of the molecule is O=C(Nc1ccccc1)c1cc(C2CC3CCCC(CCC3)C2)c2ccccc2n1. The van der Waals surface area contributed by atoms with Crippen LogP contribution in [-0.2, 0) is 0 Å². The Kier molecular flexibility index (Phi) is 5.52. The predicted molar refractivity (Wildman–Crippen MR) is 123 cm³/mol. The van der Waals surface area contributed by atoms with E-state index in [0.717, 1.165) is 23.0 Å². The van der Waals surface area contributed by atoms with Gasteiger partial charge in [0.15, 0.2) is 0 Å². The number of anilines is 1. The number of fused-ring (bicyclic) bond motifs is 7. The van der Waals surface area contributed by atoms with Crippen molar-refractivity contribution in [2.75, 3.05) is 5.32 Å². The number of nitrogens with zero attached hydrogens (tertiary/aromatic N) is 1. The minimum absolute atomic E-state index is 0.126. The van der Waals surface area contributed by atoms with Crippen molar-refractivity contribution < 1.29 is 4.79 Å². The summed E-state index contributed by atoms with van der Waals surface area (Å²) < 4.78 is 0. The van der Waals surface area contributed by atoms with E-state index in [2.05, 4.69) is 23.5 Å². The van der Waals surface area contributed by atoms with Gasteiger partial charge in [-0.15, -0.1) is 0 Å². The lowest BCUT2D eigenvalue weighted by Crippen LogP contribution is -2.21. The summed E-state index contributed by atoms with van der Waals surface area (Å²) in [6.07, 6.45) is 10.8. The second kappa shape index (κ2) is 8.59. The molecule has 3 aliphatic rings. The second-order valence-electron chi connectivity index (χ2n) is 9.20. The topological polar surface area (TPSA) is 42.0 Å². The number of hydrogen-bond donors (Lipinski definition) is 1. The largest absolute Gasteiger partial charge is 0.321 e. The zero-order valence-corrected chi connectivity index (χ0v) is 17.5. The average Bonchev–Trinajstić information content (AvgIpc) is 2.72. The molecule has 0 radical (unpaired) electrons. The summed E-state index contributed by atoms with van der Waals surface area (Å²) in [6.45, 7) is 0. The number of carbonyl (C=O) groups is 1. The van der Waals surface area contributed by atoms with E-state index in [0.29, 0.717) is 11.6 Å². The van der Waals surface area contributed by atoms with Crippen LogP contribution >= 0.6 is 0 Å². The van der Waals surface area contributed by atoms with Crippen molar-refractivity contribution >= 4 is 22.5 Å². The Labute approximate surface area is 178 Å². The number of aromatic nitrogens is 1. The van der Waals surface area contributed by atoms with Crippen LogP contribution in [0.2, 0.25) is 0 Å². The molecule has 1 amide bonds. The zero-order valence-electron chi connectivity index (χ0n) is 17.5. The van der Waals surface area contributed by atoms with Crippen molar-refractivity contribution in [1.82, 2.24) is 4.98 Å². The van der Waals surface area contributed by atoms with Gasteiger partial charge < -0.3 is 5.32 Å². The highest BCUT2D eigenvalue weighted by Gasteiger charge is 2.29. The third-order valence-corrected chi connectivity index (χ3v) is 7.14. The van der Waals surface area contributed by atoms with Crippen molar-refractivity contribution in [3.05, 3.63) is 71.9 Å². The molecule has 3 fully saturated rings. The summed E-state index contributed by atoms with van der Waals surface area (Å²) in [5, 5.41) is 4.23. The number of amides is 1. The number of benzene rings is 2. The average molecular weight is 399 g/mol. The fourth-order valence-corrected chi connectivity index (χ4v) is 5.68. The number of hydrogen-bond acceptors (Lipinski definition) is 2. The van der Waals surface area contributed by atoms with Crippen LogP contribution in [0.15, 0.2) is 60.7 Å². The molecule has 0 aliphatic heterocycles. The van der Waals surface area contributed by atoms with Gasteiger partial charge in [-0.3, -0.25) is 4.79 Å². The Balaban J connectivity index is 1.53. The summed E-state index contributed by atoms with van der Waals surface area (Å²) in [4.78, 5) is 17.8. The van der Waals surface area contributed by atoms with Crippen LogP contribution in [0.4, 0.5) is 5.69 Å². The van der Waals surface area contributed by atoms with E-state index in [1.165, 1.54) is 62.3 Å². The van der Waals surface area contributed by atoms with E-state index in [1.807, 2.05) is 42.5 Å². The molecule has 3 nitrogen and oxygen atoms in total. The van der Waals surface area contributed by atoms with E-state index < -0.39 is 0 Å². The molecule has 6 rings (SSSR count). The molecule has 0 unspecified atom stereocenters. The van der Waals surface area contributed by atoms with Gasteiger partial charge in [0.2, 0.25) is 0 Å². The number of pyridine rings is 1. The molecule has 30 heavy (non-hydrogen) atoms. The van der Waals surface area contributed by atoms with Gasteiger partial charge in [-0.25, -0.2) is 4.98 Å². The standard InChI is InChI=1S/C27H30N2O/c30-27(28-22-12-2-1-3-13-22)26-18-24(23-14-4-5-15-25(23)29-26)21-16-19-8-6-9-20(17-21)11-7-10-19/h1-5,12-15,18-21H,6-11,16-17H2,(H,28,30). The summed E-state index contributed by atoms with van der Waals surface area (Å²) in [6, 6.07) is 20.1. The Bertz CT molecular complexity index is 1010. The zero-order chi connectivity index (χ0) is 20.3. The van der Waals surface area contributed by atoms with Gasteiger partial charge in [-0.05, 0) is 60.4 Å². The van der Waals surface area contributed by atoms with Crippen molar-refractivity contribution in [2.45, 2.75) is 57.3 Å². The number of rotatable bonds is 3. The first kappa shape index (κ1) is 19.3. The van der Waals surface area contributed by atoms with Gasteiger partial charge in [0.05, 0.1) is 5.52 Å². The lowest BCUT2D eigenvalue weighted by Gasteiger charge is -2.35. The minimum atomic E-state index is -0.126. The van der Waals surface area contributed by atoms with E-state index >= 15 is 0 Å². The van der Waals surface area contributed by atoms with E-state index in [4.69, 9.17) is 4.98 Å². The maximum absolute atomic E-state index is 13.0. The third-order valence-electron chi connectivity index (χ3n) is 7.14. The molecular weight excluding hydrogens is 368 g/mol. The molecule has 2 aromatic carbocycles. The minimum Gasteiger partial charge on any atom is -0.321 e. The predicted octanol–water partition coefficient (Wildman–Crippen LogP) is 6.95. The first-order valence-electron chi connectivity index (χ1n) is 11.5. The molecule has 0 atom stereocenters. The van der Waals surface area contributed by atoms with Gasteiger partial charge in [0, 0.05) is 11.1 Å². The first-order valence-corrected chi connectivity index (χ1v) is 11.5. The number of nitrogens with one attached hydrogen (secondary N) is 1. The van der Waals surface area contributed by atoms with Crippen LogP contribution in [0.5, 0.6) is 0 Å². The highest BCUT2D eigenvalue weighted by Crippen LogP contribution is 2.44. The third kappa shape index (κ3) is 4.12. The summed E-state index contributed by atoms with van der Waals surface area (Å²) in [5.74, 6) is 2.05. The van der Waals surface area contributed by atoms with Gasteiger partial charge in [0.25, 0.3) is 5.91 Å². The van der Waals surface area contributed by atoms with Crippen LogP contribution in [0.25, 0.3) is 10.9 Å². The van der Waals surface area contributed by atoms with Gasteiger partial charge >= 0.3 is 0 Å². The van der Waals surface area contributed by atoms with E-state index in [-0.39, 0.29) is 5.91 Å².